The van der Waals surface area contributed by atoms with Gasteiger partial charge in [-0.25, -0.2) is 4.98 Å². The summed E-state index contributed by atoms with van der Waals surface area (Å²) in [6, 6.07) is 3.89. The molecule has 0 atom stereocenters. The van der Waals surface area contributed by atoms with Crippen molar-refractivity contribution in [2.24, 2.45) is 5.92 Å². The molecule has 2 N–H and O–H groups in total. The van der Waals surface area contributed by atoms with Crippen molar-refractivity contribution in [1.29, 1.82) is 0 Å². The van der Waals surface area contributed by atoms with Gasteiger partial charge in [-0.05, 0) is 37.8 Å². The fourth-order valence-corrected chi connectivity index (χ4v) is 4.79. The van der Waals surface area contributed by atoms with Gasteiger partial charge in [-0.2, -0.15) is 4.98 Å². The first-order valence-corrected chi connectivity index (χ1v) is 11.6. The van der Waals surface area contributed by atoms with E-state index >= 15 is 0 Å². The lowest BCUT2D eigenvalue weighted by atomic mass is 9.96. The molecule has 11 heteroatoms. The van der Waals surface area contributed by atoms with Crippen LogP contribution in [0.2, 0.25) is 0 Å². The van der Waals surface area contributed by atoms with Gasteiger partial charge in [0.2, 0.25) is 11.8 Å². The number of nitrogens with one attached hydrogen (secondary N) is 2. The second-order valence-corrected chi connectivity index (χ2v) is 9.20. The number of hydrogen-bond acceptors (Lipinski definition) is 8. The van der Waals surface area contributed by atoms with Gasteiger partial charge in [0.15, 0.2) is 10.8 Å². The van der Waals surface area contributed by atoms with Crippen LogP contribution in [0.1, 0.15) is 31.4 Å². The molecule has 1 aliphatic carbocycles. The standard InChI is InChI=1S/C21H24N6O4S/c28-16(22-10-15-2-1-9-31-15)11-27-12-23-18-17(20(27)30)32-21(25-18)26-7-5-13(6-8-26)19(29)24-14-3-4-14/h1-2,9,12-14H,3-8,10-11H2,(H,22,28)(H,24,29). The highest BCUT2D eigenvalue weighted by atomic mass is 32.1. The van der Waals surface area contributed by atoms with Crippen molar-refractivity contribution >= 4 is 38.6 Å². The van der Waals surface area contributed by atoms with Crippen LogP contribution in [-0.4, -0.2) is 45.5 Å². The Balaban J connectivity index is 1.22. The van der Waals surface area contributed by atoms with E-state index in [1.807, 2.05) is 0 Å². The summed E-state index contributed by atoms with van der Waals surface area (Å²) >= 11 is 1.29. The van der Waals surface area contributed by atoms with Gasteiger partial charge >= 0.3 is 0 Å². The lowest BCUT2D eigenvalue weighted by Gasteiger charge is -2.30. The van der Waals surface area contributed by atoms with Crippen molar-refractivity contribution in [2.45, 2.75) is 44.8 Å². The molecule has 3 aromatic rings. The summed E-state index contributed by atoms with van der Waals surface area (Å²) in [7, 11) is 0. The lowest BCUT2D eigenvalue weighted by Crippen LogP contribution is -2.41. The summed E-state index contributed by atoms with van der Waals surface area (Å²) in [5, 5.41) is 6.53. The molecule has 3 aromatic heterocycles. The number of furan rings is 1. The molecule has 32 heavy (non-hydrogen) atoms. The second-order valence-electron chi connectivity index (χ2n) is 8.23. The number of carbonyl (C=O) groups excluding carboxylic acids is 2. The van der Waals surface area contributed by atoms with Crippen molar-refractivity contribution in [2.75, 3.05) is 18.0 Å². The third kappa shape index (κ3) is 4.52. The molecule has 10 nitrogen and oxygen atoms in total. The summed E-state index contributed by atoms with van der Waals surface area (Å²) in [5.74, 6) is 0.531. The average Bonchev–Trinajstić information content (AvgIpc) is 3.27. The van der Waals surface area contributed by atoms with Gasteiger partial charge in [0, 0.05) is 25.0 Å². The Kier molecular flexibility index (Phi) is 5.64. The Labute approximate surface area is 187 Å². The number of hydrogen-bond donors (Lipinski definition) is 2. The summed E-state index contributed by atoms with van der Waals surface area (Å²) < 4.78 is 6.90. The van der Waals surface area contributed by atoms with Gasteiger partial charge in [-0.1, -0.05) is 11.3 Å². The predicted octanol–water partition coefficient (Wildman–Crippen LogP) is 1.26. The Bertz CT molecular complexity index is 1170. The molecule has 4 heterocycles. The highest BCUT2D eigenvalue weighted by Crippen LogP contribution is 2.30. The quantitative estimate of drug-likeness (QED) is 0.549. The number of amides is 2. The molecule has 2 aliphatic rings. The van der Waals surface area contributed by atoms with Gasteiger partial charge in [0.25, 0.3) is 5.56 Å². The number of anilines is 1. The number of fused-ring (bicyclic) bond motifs is 1. The normalized spacial score (nSPS) is 16.9. The van der Waals surface area contributed by atoms with Crippen LogP contribution in [0.25, 0.3) is 10.3 Å². The molecule has 168 valence electrons. The molecule has 5 rings (SSSR count). The highest BCUT2D eigenvalue weighted by molar-refractivity contribution is 7.22. The van der Waals surface area contributed by atoms with E-state index in [0.717, 1.165) is 30.8 Å². The van der Waals surface area contributed by atoms with Crippen LogP contribution < -0.4 is 21.1 Å². The Morgan fingerprint density at radius 2 is 2.03 bits per heavy atom. The van der Waals surface area contributed by atoms with Crippen LogP contribution in [0.15, 0.2) is 33.9 Å². The van der Waals surface area contributed by atoms with E-state index in [9.17, 15) is 14.4 Å². The third-order valence-electron chi connectivity index (χ3n) is 5.79. The third-order valence-corrected chi connectivity index (χ3v) is 6.88. The molecule has 2 amide bonds. The van der Waals surface area contributed by atoms with Crippen LogP contribution in [0, 0.1) is 5.92 Å². The summed E-state index contributed by atoms with van der Waals surface area (Å²) in [5.41, 5.74) is 0.0986. The van der Waals surface area contributed by atoms with Crippen LogP contribution in [0.3, 0.4) is 0 Å². The van der Waals surface area contributed by atoms with E-state index in [4.69, 9.17) is 4.42 Å². The summed E-state index contributed by atoms with van der Waals surface area (Å²) in [6.45, 7) is 1.56. The maximum Gasteiger partial charge on any atom is 0.273 e. The van der Waals surface area contributed by atoms with E-state index in [1.54, 1.807) is 12.1 Å². The molecular weight excluding hydrogens is 432 g/mol. The largest absolute Gasteiger partial charge is 0.467 e. The zero-order valence-electron chi connectivity index (χ0n) is 17.5. The molecule has 0 radical (unpaired) electrons. The van der Waals surface area contributed by atoms with Crippen LogP contribution in [0.5, 0.6) is 0 Å². The fourth-order valence-electron chi connectivity index (χ4n) is 3.77. The molecular formula is C21H24N6O4S. The van der Waals surface area contributed by atoms with E-state index < -0.39 is 0 Å². The maximum atomic E-state index is 12.9. The molecule has 0 bridgehead atoms. The Morgan fingerprint density at radius 3 is 2.75 bits per heavy atom. The minimum absolute atomic E-state index is 0.0382. The number of nitrogens with zero attached hydrogens (tertiary/aromatic N) is 4. The number of piperidine rings is 1. The van der Waals surface area contributed by atoms with Gasteiger partial charge < -0.3 is 20.0 Å². The molecule has 0 unspecified atom stereocenters. The smallest absolute Gasteiger partial charge is 0.273 e. The van der Waals surface area contributed by atoms with Crippen LogP contribution >= 0.6 is 11.3 Å². The average molecular weight is 457 g/mol. The highest BCUT2D eigenvalue weighted by Gasteiger charge is 2.30. The summed E-state index contributed by atoms with van der Waals surface area (Å²) in [6.07, 6.45) is 6.61. The monoisotopic (exact) mass is 456 g/mol. The first-order valence-electron chi connectivity index (χ1n) is 10.8. The molecule has 0 spiro atoms. The van der Waals surface area contributed by atoms with Crippen LogP contribution in [-0.2, 0) is 22.7 Å². The zero-order valence-corrected chi connectivity index (χ0v) is 18.3. The molecule has 2 fully saturated rings. The number of carbonyl (C=O) groups is 2. The Morgan fingerprint density at radius 1 is 1.22 bits per heavy atom. The second kappa shape index (κ2) is 8.73. The van der Waals surface area contributed by atoms with Crippen molar-refractivity contribution in [3.8, 4) is 0 Å². The molecule has 1 saturated carbocycles. The number of aromatic nitrogens is 3. The number of thiazole rings is 1. The van der Waals surface area contributed by atoms with Crippen LogP contribution in [0.4, 0.5) is 5.13 Å². The minimum Gasteiger partial charge on any atom is -0.467 e. The van der Waals surface area contributed by atoms with Crippen molar-refractivity contribution in [1.82, 2.24) is 25.2 Å². The van der Waals surface area contributed by atoms with E-state index in [2.05, 4.69) is 25.5 Å². The molecule has 1 aliphatic heterocycles. The van der Waals surface area contributed by atoms with E-state index in [0.29, 0.717) is 35.2 Å². The maximum absolute atomic E-state index is 12.9. The first kappa shape index (κ1) is 20.7. The van der Waals surface area contributed by atoms with E-state index in [-0.39, 0.29) is 36.4 Å². The minimum atomic E-state index is -0.305. The van der Waals surface area contributed by atoms with Crippen molar-refractivity contribution in [3.63, 3.8) is 0 Å². The topological polar surface area (TPSA) is 122 Å². The number of rotatable bonds is 7. The molecule has 1 saturated heterocycles. The van der Waals surface area contributed by atoms with E-state index in [1.165, 1.54) is 28.5 Å². The van der Waals surface area contributed by atoms with Gasteiger partial charge in [-0.15, -0.1) is 0 Å². The summed E-state index contributed by atoms with van der Waals surface area (Å²) in [4.78, 5) is 48.3. The first-order chi connectivity index (χ1) is 15.6. The Hall–Kier alpha value is -3.21. The van der Waals surface area contributed by atoms with Gasteiger partial charge in [0.05, 0.1) is 12.8 Å². The molecule has 0 aromatic carbocycles. The predicted molar refractivity (Wildman–Crippen MR) is 118 cm³/mol. The van der Waals surface area contributed by atoms with Crippen molar-refractivity contribution in [3.05, 3.63) is 40.8 Å². The van der Waals surface area contributed by atoms with Gasteiger partial charge in [-0.3, -0.25) is 19.0 Å². The zero-order chi connectivity index (χ0) is 22.1. The fraction of sp³-hybridized carbons (Fsp3) is 0.476. The van der Waals surface area contributed by atoms with Gasteiger partial charge in [0.1, 0.15) is 23.3 Å². The SMILES string of the molecule is O=C(Cn1cnc2nc(N3CCC(C(=O)NC4CC4)CC3)sc2c1=O)NCc1ccco1. The van der Waals surface area contributed by atoms with Crippen molar-refractivity contribution < 1.29 is 14.0 Å². The lowest BCUT2D eigenvalue weighted by molar-refractivity contribution is -0.125.